The zero-order valence-corrected chi connectivity index (χ0v) is 55.5. The summed E-state index contributed by atoms with van der Waals surface area (Å²) in [5.41, 5.74) is 6.65. The molecule has 5 rings (SSSR count). The van der Waals surface area contributed by atoms with Crippen molar-refractivity contribution < 1.29 is 60.6 Å². The third-order valence-corrected chi connectivity index (χ3v) is 19.9. The van der Waals surface area contributed by atoms with Gasteiger partial charge in [-0.2, -0.15) is 64.1 Å². The monoisotopic (exact) mass is 1280 g/mol. The molecule has 0 aliphatic carbocycles. The van der Waals surface area contributed by atoms with Crippen LogP contribution in [0.2, 0.25) is 0 Å². The minimum Gasteiger partial charge on any atom is -0.466 e. The zero-order valence-electron chi connectivity index (χ0n) is 51.4. The van der Waals surface area contributed by atoms with E-state index in [1.807, 2.05) is 79.7 Å². The van der Waals surface area contributed by atoms with Crippen molar-refractivity contribution in [1.29, 1.82) is 5.26 Å². The Morgan fingerprint density at radius 1 is 0.488 bits per heavy atom. The second kappa shape index (κ2) is 51.2. The van der Waals surface area contributed by atoms with Gasteiger partial charge in [-0.1, -0.05) is 179 Å². The number of carbonyl (C=O) groups excluding carboxylic acids is 1. The summed E-state index contributed by atoms with van der Waals surface area (Å²) in [7, 11) is 0. The van der Waals surface area contributed by atoms with Crippen LogP contribution < -0.4 is 0 Å². The molecule has 0 bridgehead atoms. The van der Waals surface area contributed by atoms with Crippen LogP contribution in [0.4, 0.5) is 0 Å². The van der Waals surface area contributed by atoms with Crippen molar-refractivity contribution in [2.45, 2.75) is 114 Å². The quantitative estimate of drug-likeness (QED) is 0.0167. The highest BCUT2D eigenvalue weighted by Gasteiger charge is 2.22. The van der Waals surface area contributed by atoms with Crippen molar-refractivity contribution in [3.63, 3.8) is 0 Å². The van der Waals surface area contributed by atoms with Gasteiger partial charge >= 0.3 is 5.97 Å². The molecule has 0 heterocycles. The van der Waals surface area contributed by atoms with E-state index in [9.17, 15) is 25.2 Å². The summed E-state index contributed by atoms with van der Waals surface area (Å²) in [6.07, 6.45) is -0.551. The smallest absolute Gasteiger partial charge is 0.309 e. The lowest BCUT2D eigenvalue weighted by Crippen LogP contribution is -2.23. The molecule has 18 heteroatoms. The Hall–Kier alpha value is -3.59. The molecular formula is C68H101NO12S5. The van der Waals surface area contributed by atoms with E-state index in [4.69, 9.17) is 40.6 Å². The molecule has 480 valence electrons. The number of carbonyl (C=O) groups is 1. The van der Waals surface area contributed by atoms with Gasteiger partial charge in [-0.3, -0.25) is 4.79 Å². The fraction of sp³-hybridized carbons (Fsp3) is 0.529. The van der Waals surface area contributed by atoms with Crippen molar-refractivity contribution in [3.8, 4) is 6.07 Å². The van der Waals surface area contributed by atoms with Crippen LogP contribution in [0.1, 0.15) is 100.0 Å². The van der Waals surface area contributed by atoms with E-state index in [1.54, 1.807) is 42.2 Å². The molecule has 86 heavy (non-hydrogen) atoms. The van der Waals surface area contributed by atoms with Gasteiger partial charge in [0.05, 0.1) is 88.1 Å². The van der Waals surface area contributed by atoms with Gasteiger partial charge in [0.1, 0.15) is 0 Å². The summed E-state index contributed by atoms with van der Waals surface area (Å²) in [4.78, 5) is 12.0. The van der Waals surface area contributed by atoms with Crippen LogP contribution in [-0.2, 0) is 21.4 Å². The maximum Gasteiger partial charge on any atom is 0.309 e. The van der Waals surface area contributed by atoms with Crippen molar-refractivity contribution in [2.75, 3.05) is 97.2 Å². The van der Waals surface area contributed by atoms with E-state index in [0.717, 1.165) is 36.5 Å². The minimum atomic E-state index is -0.730. The standard InChI is InChI=1S/C20H26O2S.C16H24O4S.C13H20O2S.C12H18O2S.C7H13NO2S/c1-16(17-8-4-2-5-9-17)12-19(14-23-15-20(22)13-21)18-10-6-3-7-11-18;1-2-20-16(19)14(11-21-12-15(18)10-17)9-8-13-6-4-3-5-7-13;1-13(2,10-16-9-12(15)8-14)11-6-4-3-5-7-11;1-10(8-15-9-12(14)7-13)11-5-3-2-4-6-11;1-6(2-8)4-11-5-7(10)3-9/h2-11,16,19-22H,12-15H2,1H3;3-7,14-15,17-18H,2,8-12H2,1H3;3-7,12,14-15H,8-10H2,1-2H3;2-6,10,12-14H,7-9H2,1H3;6-7,9-10H,3-5H2,1H3. The SMILES string of the molecule is CC(C#N)CSCC(O)CO.CC(C)(CSCC(O)CO)c1ccccc1.CC(CC(CSCC(O)CO)c1ccccc1)c1ccccc1.CC(CSCC(O)CO)c1ccccc1.CCOC(=O)C(CCc1ccccc1)CSCC(O)CO. The number of aliphatic hydroxyl groups excluding tert-OH is 10. The Labute approximate surface area is 536 Å². The summed E-state index contributed by atoms with van der Waals surface area (Å²) < 4.78 is 5.11. The van der Waals surface area contributed by atoms with E-state index in [0.29, 0.717) is 64.6 Å². The van der Waals surface area contributed by atoms with Crippen molar-refractivity contribution in [3.05, 3.63) is 179 Å². The van der Waals surface area contributed by atoms with E-state index in [-0.39, 0.29) is 56.3 Å². The van der Waals surface area contributed by atoms with Crippen molar-refractivity contribution >= 4 is 64.8 Å². The van der Waals surface area contributed by atoms with E-state index >= 15 is 0 Å². The summed E-state index contributed by atoms with van der Waals surface area (Å²) in [5, 5.41) is 98.1. The van der Waals surface area contributed by atoms with Crippen molar-refractivity contribution in [1.82, 2.24) is 0 Å². The normalized spacial score (nSPS) is 14.5. The number of aryl methyl sites for hydroxylation is 1. The minimum absolute atomic E-state index is 0.0193. The summed E-state index contributed by atoms with van der Waals surface area (Å²) in [6.45, 7) is 11.9. The molecule has 0 fully saturated rings. The van der Waals surface area contributed by atoms with Gasteiger partial charge in [0.15, 0.2) is 0 Å². The molecular weight excluding hydrogens is 1180 g/mol. The highest BCUT2D eigenvalue weighted by molar-refractivity contribution is 8.00. The summed E-state index contributed by atoms with van der Waals surface area (Å²) in [5.74, 6) is 7.98. The van der Waals surface area contributed by atoms with E-state index < -0.39 is 30.5 Å². The van der Waals surface area contributed by atoms with Crippen LogP contribution in [0.25, 0.3) is 0 Å². The highest BCUT2D eigenvalue weighted by atomic mass is 32.2. The second-order valence-electron chi connectivity index (χ2n) is 21.6. The number of aliphatic hydroxyl groups is 10. The Morgan fingerprint density at radius 3 is 1.29 bits per heavy atom. The summed E-state index contributed by atoms with van der Waals surface area (Å²) in [6, 6.07) is 54.0. The number of hydrogen-bond acceptors (Lipinski definition) is 18. The molecule has 5 aromatic rings. The van der Waals surface area contributed by atoms with Crippen LogP contribution in [0.5, 0.6) is 0 Å². The largest absolute Gasteiger partial charge is 0.466 e. The fourth-order valence-electron chi connectivity index (χ4n) is 7.94. The van der Waals surface area contributed by atoms with E-state index in [1.165, 1.54) is 51.3 Å². The van der Waals surface area contributed by atoms with Gasteiger partial charge in [0, 0.05) is 51.8 Å². The summed E-state index contributed by atoms with van der Waals surface area (Å²) >= 11 is 8.03. The average Bonchev–Trinajstić information content (AvgIpc) is 3.75. The van der Waals surface area contributed by atoms with Gasteiger partial charge in [-0.15, -0.1) is 0 Å². The first-order valence-corrected chi connectivity index (χ1v) is 35.3. The number of nitriles is 1. The third-order valence-electron chi connectivity index (χ3n) is 13.1. The van der Waals surface area contributed by atoms with Gasteiger partial charge in [0.2, 0.25) is 0 Å². The molecule has 0 saturated carbocycles. The van der Waals surface area contributed by atoms with Gasteiger partial charge in [-0.25, -0.2) is 0 Å². The molecule has 0 aliphatic rings. The van der Waals surface area contributed by atoms with Gasteiger partial charge < -0.3 is 55.8 Å². The number of ether oxygens (including phenoxy) is 1. The lowest BCUT2D eigenvalue weighted by atomic mass is 9.87. The van der Waals surface area contributed by atoms with Crippen LogP contribution in [0, 0.1) is 23.2 Å². The molecule has 13 nitrogen and oxygen atoms in total. The molecule has 0 aromatic heterocycles. The highest BCUT2D eigenvalue weighted by Crippen LogP contribution is 2.33. The first-order chi connectivity index (χ1) is 41.4. The molecule has 10 atom stereocenters. The lowest BCUT2D eigenvalue weighted by molar-refractivity contribution is -0.147. The zero-order chi connectivity index (χ0) is 63.8. The number of nitrogens with zero attached hydrogens (tertiary/aromatic N) is 1. The Balaban J connectivity index is 0.000000549. The molecule has 0 spiro atoms. The Kier molecular flexibility index (Phi) is 47.9. The molecule has 0 aliphatic heterocycles. The van der Waals surface area contributed by atoms with Crippen molar-refractivity contribution in [2.24, 2.45) is 11.8 Å². The Bertz CT molecular complexity index is 2390. The fourth-order valence-corrected chi connectivity index (χ4v) is 13.3. The lowest BCUT2D eigenvalue weighted by Gasteiger charge is -2.25. The van der Waals surface area contributed by atoms with Gasteiger partial charge in [0.25, 0.3) is 0 Å². The van der Waals surface area contributed by atoms with Crippen LogP contribution in [0.3, 0.4) is 0 Å². The van der Waals surface area contributed by atoms with Crippen LogP contribution in [-0.4, -0.2) is 185 Å². The molecule has 0 radical (unpaired) electrons. The topological polar surface area (TPSA) is 252 Å². The molecule has 0 saturated heterocycles. The number of rotatable bonds is 36. The number of hydrogen-bond donors (Lipinski definition) is 10. The average molecular weight is 1280 g/mol. The molecule has 5 aromatic carbocycles. The first-order valence-electron chi connectivity index (χ1n) is 29.5. The van der Waals surface area contributed by atoms with Gasteiger partial charge in [-0.05, 0) is 89.8 Å². The predicted octanol–water partition coefficient (Wildman–Crippen LogP) is 10.1. The molecule has 10 N–H and O–H groups in total. The van der Waals surface area contributed by atoms with E-state index in [2.05, 4.69) is 113 Å². The maximum atomic E-state index is 12.0. The number of thioether (sulfide) groups is 5. The number of benzene rings is 5. The predicted molar refractivity (Wildman–Crippen MR) is 365 cm³/mol. The number of esters is 1. The first kappa shape index (κ1) is 80.4. The molecule has 10 unspecified atom stereocenters. The molecule has 0 amide bonds. The second-order valence-corrected chi connectivity index (χ2v) is 26.9. The third kappa shape index (κ3) is 39.4. The van der Waals surface area contributed by atoms with Crippen LogP contribution in [0.15, 0.2) is 152 Å². The van der Waals surface area contributed by atoms with Crippen LogP contribution >= 0.6 is 58.8 Å². The maximum absolute atomic E-state index is 12.0. The Morgan fingerprint density at radius 2 is 0.860 bits per heavy atom.